The Bertz CT molecular complexity index is 1160. The zero-order valence-corrected chi connectivity index (χ0v) is 17.4. The average Bonchev–Trinajstić information content (AvgIpc) is 2.95. The van der Waals surface area contributed by atoms with Crippen LogP contribution in [-0.2, 0) is 21.9 Å². The Labute approximate surface area is 171 Å². The Kier molecular flexibility index (Phi) is 5.84. The summed E-state index contributed by atoms with van der Waals surface area (Å²) in [6, 6.07) is 9.43. The van der Waals surface area contributed by atoms with Gasteiger partial charge in [-0.1, -0.05) is 23.4 Å². The molecule has 0 unspecified atom stereocenters. The monoisotopic (exact) mass is 440 g/mol. The summed E-state index contributed by atoms with van der Waals surface area (Å²) >= 11 is 7.28. The maximum absolute atomic E-state index is 12.2. The summed E-state index contributed by atoms with van der Waals surface area (Å²) in [5, 5.41) is 8.88. The van der Waals surface area contributed by atoms with Crippen molar-refractivity contribution in [2.24, 2.45) is 12.2 Å². The lowest BCUT2D eigenvalue weighted by atomic mass is 10.3. The summed E-state index contributed by atoms with van der Waals surface area (Å²) < 4.78 is 29.8. The van der Waals surface area contributed by atoms with Gasteiger partial charge in [0.15, 0.2) is 5.16 Å². The minimum absolute atomic E-state index is 0.0104. The summed E-state index contributed by atoms with van der Waals surface area (Å²) in [6.45, 7) is 0. The van der Waals surface area contributed by atoms with Crippen molar-refractivity contribution in [3.63, 3.8) is 0 Å². The van der Waals surface area contributed by atoms with Crippen molar-refractivity contribution in [2.75, 3.05) is 18.2 Å². The molecule has 28 heavy (non-hydrogen) atoms. The van der Waals surface area contributed by atoms with E-state index in [0.717, 1.165) is 5.52 Å². The SMILES string of the molecule is COc1ccc(NC(=O)CSc2nc3cc(S(N)(=O)=O)ccc3n2C)cc1Cl. The molecule has 0 saturated carbocycles. The van der Waals surface area contributed by atoms with E-state index in [2.05, 4.69) is 10.3 Å². The molecule has 0 fully saturated rings. The number of carbonyl (C=O) groups is 1. The number of aryl methyl sites for hydroxylation is 1. The first kappa shape index (κ1) is 20.5. The van der Waals surface area contributed by atoms with Crippen LogP contribution < -0.4 is 15.2 Å². The molecule has 1 amide bonds. The number of benzene rings is 2. The van der Waals surface area contributed by atoms with E-state index in [-0.39, 0.29) is 16.6 Å². The van der Waals surface area contributed by atoms with Crippen molar-refractivity contribution >= 4 is 56.0 Å². The number of nitrogens with two attached hydrogens (primary N) is 1. The van der Waals surface area contributed by atoms with Crippen LogP contribution in [0, 0.1) is 0 Å². The van der Waals surface area contributed by atoms with E-state index < -0.39 is 10.0 Å². The Balaban J connectivity index is 1.71. The number of fused-ring (bicyclic) bond motifs is 1. The van der Waals surface area contributed by atoms with Crippen LogP contribution in [0.3, 0.4) is 0 Å². The zero-order valence-electron chi connectivity index (χ0n) is 15.0. The van der Waals surface area contributed by atoms with Gasteiger partial charge < -0.3 is 14.6 Å². The van der Waals surface area contributed by atoms with E-state index in [0.29, 0.717) is 27.1 Å². The number of methoxy groups -OCH3 is 1. The van der Waals surface area contributed by atoms with E-state index in [1.165, 1.54) is 31.0 Å². The van der Waals surface area contributed by atoms with Crippen LogP contribution in [0.1, 0.15) is 0 Å². The number of anilines is 1. The van der Waals surface area contributed by atoms with Gasteiger partial charge in [0.2, 0.25) is 15.9 Å². The van der Waals surface area contributed by atoms with Gasteiger partial charge >= 0.3 is 0 Å². The average molecular weight is 441 g/mol. The number of rotatable bonds is 6. The number of amides is 1. The van der Waals surface area contributed by atoms with Crippen LogP contribution in [0.25, 0.3) is 11.0 Å². The highest BCUT2D eigenvalue weighted by molar-refractivity contribution is 7.99. The summed E-state index contributed by atoms with van der Waals surface area (Å²) in [6.07, 6.45) is 0. The minimum atomic E-state index is -3.81. The van der Waals surface area contributed by atoms with Gasteiger partial charge in [-0.05, 0) is 36.4 Å². The second kappa shape index (κ2) is 8.00. The zero-order chi connectivity index (χ0) is 20.5. The summed E-state index contributed by atoms with van der Waals surface area (Å²) in [4.78, 5) is 16.6. The maximum Gasteiger partial charge on any atom is 0.238 e. The molecule has 3 aromatic rings. The van der Waals surface area contributed by atoms with Crippen LogP contribution in [0.15, 0.2) is 46.5 Å². The van der Waals surface area contributed by atoms with Crippen molar-refractivity contribution in [3.8, 4) is 5.75 Å². The highest BCUT2D eigenvalue weighted by atomic mass is 35.5. The number of imidazole rings is 1. The fourth-order valence-electron chi connectivity index (χ4n) is 2.53. The fourth-order valence-corrected chi connectivity index (χ4v) is 4.11. The predicted molar refractivity (Wildman–Crippen MR) is 109 cm³/mol. The molecule has 0 bridgehead atoms. The summed E-state index contributed by atoms with van der Waals surface area (Å²) in [5.74, 6) is 0.402. The third kappa shape index (κ3) is 4.41. The summed E-state index contributed by atoms with van der Waals surface area (Å²) in [7, 11) is -0.507. The number of nitrogens with zero attached hydrogens (tertiary/aromatic N) is 2. The molecule has 0 aliphatic carbocycles. The van der Waals surface area contributed by atoms with Gasteiger partial charge in [-0.2, -0.15) is 0 Å². The fraction of sp³-hybridized carbons (Fsp3) is 0.176. The number of halogens is 1. The Hall–Kier alpha value is -2.27. The van der Waals surface area contributed by atoms with Gasteiger partial charge in [-0.25, -0.2) is 18.5 Å². The van der Waals surface area contributed by atoms with Crippen molar-refractivity contribution < 1.29 is 17.9 Å². The third-order valence-electron chi connectivity index (χ3n) is 3.91. The summed E-state index contributed by atoms with van der Waals surface area (Å²) in [5.41, 5.74) is 1.77. The largest absolute Gasteiger partial charge is 0.495 e. The van der Waals surface area contributed by atoms with E-state index >= 15 is 0 Å². The highest BCUT2D eigenvalue weighted by Gasteiger charge is 2.14. The number of hydrogen-bond donors (Lipinski definition) is 2. The Morgan fingerprint density at radius 3 is 2.71 bits per heavy atom. The van der Waals surface area contributed by atoms with Crippen molar-refractivity contribution in [2.45, 2.75) is 10.1 Å². The lowest BCUT2D eigenvalue weighted by Crippen LogP contribution is -2.14. The third-order valence-corrected chi connectivity index (χ3v) is 6.14. The van der Waals surface area contributed by atoms with Gasteiger partial charge in [0.25, 0.3) is 0 Å². The molecule has 3 N–H and O–H groups in total. The van der Waals surface area contributed by atoms with E-state index in [1.807, 2.05) is 0 Å². The molecule has 1 heterocycles. The number of ether oxygens (including phenoxy) is 1. The first-order chi connectivity index (χ1) is 13.2. The second-order valence-electron chi connectivity index (χ2n) is 5.84. The van der Waals surface area contributed by atoms with Gasteiger partial charge in [-0.3, -0.25) is 4.79 Å². The normalized spacial score (nSPS) is 11.6. The molecule has 148 valence electrons. The van der Waals surface area contributed by atoms with E-state index in [4.69, 9.17) is 21.5 Å². The number of thioether (sulfide) groups is 1. The lowest BCUT2D eigenvalue weighted by molar-refractivity contribution is -0.113. The number of nitrogens with one attached hydrogen (secondary N) is 1. The second-order valence-corrected chi connectivity index (χ2v) is 8.75. The first-order valence-electron chi connectivity index (χ1n) is 7.94. The molecule has 0 aliphatic heterocycles. The van der Waals surface area contributed by atoms with Crippen LogP contribution in [-0.4, -0.2) is 36.7 Å². The smallest absolute Gasteiger partial charge is 0.238 e. The Morgan fingerprint density at radius 1 is 1.32 bits per heavy atom. The molecular weight excluding hydrogens is 424 g/mol. The molecule has 2 aromatic carbocycles. The number of aromatic nitrogens is 2. The predicted octanol–water partition coefficient (Wildman–Crippen LogP) is 2.61. The van der Waals surface area contributed by atoms with E-state index in [9.17, 15) is 13.2 Å². The Morgan fingerprint density at radius 2 is 2.07 bits per heavy atom. The van der Waals surface area contributed by atoms with Gasteiger partial charge in [-0.15, -0.1) is 0 Å². The van der Waals surface area contributed by atoms with Gasteiger partial charge in [0.05, 0.1) is 33.8 Å². The van der Waals surface area contributed by atoms with Crippen LogP contribution in [0.2, 0.25) is 5.02 Å². The van der Waals surface area contributed by atoms with Crippen LogP contribution >= 0.6 is 23.4 Å². The van der Waals surface area contributed by atoms with Crippen molar-refractivity contribution in [1.29, 1.82) is 0 Å². The van der Waals surface area contributed by atoms with Gasteiger partial charge in [0.1, 0.15) is 5.75 Å². The standard InChI is InChI=1S/C17H17ClN4O4S2/c1-22-14-5-4-11(28(19,24)25)8-13(14)21-17(22)27-9-16(23)20-10-3-6-15(26-2)12(18)7-10/h3-8H,9H2,1-2H3,(H,20,23)(H2,19,24,25). The van der Waals surface area contributed by atoms with Gasteiger partial charge in [0, 0.05) is 12.7 Å². The molecule has 8 nitrogen and oxygen atoms in total. The molecule has 0 saturated heterocycles. The van der Waals surface area contributed by atoms with Crippen LogP contribution in [0.4, 0.5) is 5.69 Å². The quantitative estimate of drug-likeness (QED) is 0.569. The molecule has 0 spiro atoms. The lowest BCUT2D eigenvalue weighted by Gasteiger charge is -2.08. The molecular formula is C17H17ClN4O4S2. The molecule has 1 aromatic heterocycles. The van der Waals surface area contributed by atoms with Crippen molar-refractivity contribution in [1.82, 2.24) is 9.55 Å². The van der Waals surface area contributed by atoms with Crippen molar-refractivity contribution in [3.05, 3.63) is 41.4 Å². The number of sulfonamides is 1. The molecule has 0 radical (unpaired) electrons. The molecule has 0 atom stereocenters. The molecule has 11 heteroatoms. The number of carbonyl (C=O) groups excluding carboxylic acids is 1. The number of hydrogen-bond acceptors (Lipinski definition) is 6. The molecule has 0 aliphatic rings. The molecule has 3 rings (SSSR count). The highest BCUT2D eigenvalue weighted by Crippen LogP contribution is 2.28. The minimum Gasteiger partial charge on any atom is -0.495 e. The topological polar surface area (TPSA) is 116 Å². The van der Waals surface area contributed by atoms with E-state index in [1.54, 1.807) is 35.9 Å². The maximum atomic E-state index is 12.2. The van der Waals surface area contributed by atoms with Crippen LogP contribution in [0.5, 0.6) is 5.75 Å². The first-order valence-corrected chi connectivity index (χ1v) is 10.9. The number of primary sulfonamides is 1.